The second-order valence-electron chi connectivity index (χ2n) is 5.99. The lowest BCUT2D eigenvalue weighted by atomic mass is 10.1. The summed E-state index contributed by atoms with van der Waals surface area (Å²) in [4.78, 5) is 25.5. The fourth-order valence-electron chi connectivity index (χ4n) is 2.90. The molecule has 0 radical (unpaired) electrons. The summed E-state index contributed by atoms with van der Waals surface area (Å²) in [6, 6.07) is 1.68. The third-order valence-corrected chi connectivity index (χ3v) is 4.17. The van der Waals surface area contributed by atoms with Crippen LogP contribution in [0, 0.1) is 11.6 Å². The largest absolute Gasteiger partial charge is 0.479 e. The first-order chi connectivity index (χ1) is 11.5. The molecule has 5 nitrogen and oxygen atoms in total. The maximum absolute atomic E-state index is 13.8. The number of aliphatic carboxylic acids is 1. The summed E-state index contributed by atoms with van der Waals surface area (Å²) in [5.74, 6) is -4.30. The van der Waals surface area contributed by atoms with E-state index in [9.17, 15) is 23.5 Å². The number of rotatable bonds is 7. The van der Waals surface area contributed by atoms with Crippen LogP contribution < -0.4 is 5.32 Å². The molecule has 0 aromatic heterocycles. The quantitative estimate of drug-likeness (QED) is 0.800. The van der Waals surface area contributed by atoms with E-state index in [1.54, 1.807) is 0 Å². The highest BCUT2D eigenvalue weighted by atomic mass is 19.2. The third-order valence-electron chi connectivity index (χ3n) is 4.17. The van der Waals surface area contributed by atoms with Crippen LogP contribution in [-0.4, -0.2) is 41.5 Å². The van der Waals surface area contributed by atoms with Crippen molar-refractivity contribution in [3.05, 3.63) is 35.4 Å². The summed E-state index contributed by atoms with van der Waals surface area (Å²) in [6.07, 6.45) is 4.30. The lowest BCUT2D eigenvalue weighted by Crippen LogP contribution is -2.35. The minimum Gasteiger partial charge on any atom is -0.479 e. The van der Waals surface area contributed by atoms with Gasteiger partial charge < -0.3 is 15.3 Å². The molecular weight excluding hydrogens is 318 g/mol. The number of hydrogen-bond acceptors (Lipinski definition) is 3. The van der Waals surface area contributed by atoms with Gasteiger partial charge in [0.15, 0.2) is 17.7 Å². The Bertz CT molecular complexity index is 589. The Labute approximate surface area is 139 Å². The number of carbonyl (C=O) groups is 2. The van der Waals surface area contributed by atoms with Crippen LogP contribution in [0.1, 0.15) is 43.7 Å². The SMILES string of the molecule is O=C(CCCN1CCCCC1)N[C@H](C(=O)O)c1cccc(F)c1F. The maximum atomic E-state index is 13.8. The maximum Gasteiger partial charge on any atom is 0.331 e. The van der Waals surface area contributed by atoms with E-state index in [-0.39, 0.29) is 12.0 Å². The topological polar surface area (TPSA) is 69.6 Å². The van der Waals surface area contributed by atoms with Gasteiger partial charge in [0.05, 0.1) is 0 Å². The molecule has 2 rings (SSSR count). The number of carboxylic acid groups (broad SMARTS) is 1. The Morgan fingerprint density at radius 3 is 2.58 bits per heavy atom. The van der Waals surface area contributed by atoms with Gasteiger partial charge in [-0.25, -0.2) is 13.6 Å². The second-order valence-corrected chi connectivity index (χ2v) is 5.99. The fourth-order valence-corrected chi connectivity index (χ4v) is 2.90. The molecule has 1 heterocycles. The summed E-state index contributed by atoms with van der Waals surface area (Å²) in [6.45, 7) is 2.82. The van der Waals surface area contributed by atoms with Crippen LogP contribution in [0.25, 0.3) is 0 Å². The molecule has 7 heteroatoms. The lowest BCUT2D eigenvalue weighted by molar-refractivity contribution is -0.142. The highest BCUT2D eigenvalue weighted by Crippen LogP contribution is 2.20. The Hall–Kier alpha value is -2.02. The van der Waals surface area contributed by atoms with E-state index in [0.29, 0.717) is 6.42 Å². The van der Waals surface area contributed by atoms with Crippen LogP contribution in [0.15, 0.2) is 18.2 Å². The van der Waals surface area contributed by atoms with Crippen molar-refractivity contribution < 1.29 is 23.5 Å². The number of nitrogens with one attached hydrogen (secondary N) is 1. The first-order valence-corrected chi connectivity index (χ1v) is 8.17. The van der Waals surface area contributed by atoms with Crippen molar-refractivity contribution in [2.45, 2.75) is 38.1 Å². The van der Waals surface area contributed by atoms with E-state index in [1.807, 2.05) is 0 Å². The van der Waals surface area contributed by atoms with Gasteiger partial charge in [-0.15, -0.1) is 0 Å². The van der Waals surface area contributed by atoms with Gasteiger partial charge in [0.1, 0.15) is 0 Å². The number of piperidine rings is 1. The molecule has 1 fully saturated rings. The first kappa shape index (κ1) is 18.3. The Kier molecular flexibility index (Phi) is 6.66. The molecule has 2 N–H and O–H groups in total. The van der Waals surface area contributed by atoms with Crippen LogP contribution in [-0.2, 0) is 9.59 Å². The normalized spacial score (nSPS) is 16.6. The van der Waals surface area contributed by atoms with E-state index in [1.165, 1.54) is 12.5 Å². The van der Waals surface area contributed by atoms with Gasteiger partial charge in [0.2, 0.25) is 5.91 Å². The van der Waals surface area contributed by atoms with Crippen molar-refractivity contribution in [2.24, 2.45) is 0 Å². The predicted molar refractivity (Wildman–Crippen MR) is 84.4 cm³/mol. The van der Waals surface area contributed by atoms with Crippen molar-refractivity contribution in [1.82, 2.24) is 10.2 Å². The summed E-state index contributed by atoms with van der Waals surface area (Å²) < 4.78 is 27.0. The van der Waals surface area contributed by atoms with Gasteiger partial charge in [-0.3, -0.25) is 4.79 Å². The third kappa shape index (κ3) is 4.99. The summed E-state index contributed by atoms with van der Waals surface area (Å²) in [5, 5.41) is 11.5. The van der Waals surface area contributed by atoms with Gasteiger partial charge in [-0.2, -0.15) is 0 Å². The number of likely N-dealkylation sites (tertiary alicyclic amines) is 1. The molecular formula is C17H22F2N2O3. The standard InChI is InChI=1S/C17H22F2N2O3/c18-13-7-4-6-12(15(13)19)16(17(23)24)20-14(22)8-5-11-21-9-2-1-3-10-21/h4,6-7,16H,1-3,5,8-11H2,(H,20,22)(H,23,24)/t16-/m0/s1. The molecule has 1 aromatic rings. The molecule has 1 aliphatic rings. The smallest absolute Gasteiger partial charge is 0.331 e. The fraction of sp³-hybridized carbons (Fsp3) is 0.529. The van der Waals surface area contributed by atoms with E-state index < -0.39 is 29.6 Å². The molecule has 1 aromatic carbocycles. The molecule has 1 aliphatic heterocycles. The van der Waals surface area contributed by atoms with Crippen LogP contribution >= 0.6 is 0 Å². The van der Waals surface area contributed by atoms with E-state index in [0.717, 1.165) is 44.6 Å². The van der Waals surface area contributed by atoms with Crippen molar-refractivity contribution in [2.75, 3.05) is 19.6 Å². The van der Waals surface area contributed by atoms with Crippen molar-refractivity contribution >= 4 is 11.9 Å². The molecule has 1 saturated heterocycles. The van der Waals surface area contributed by atoms with Crippen LogP contribution in [0.5, 0.6) is 0 Å². The molecule has 0 bridgehead atoms. The average Bonchev–Trinajstić information content (AvgIpc) is 2.56. The summed E-state index contributed by atoms with van der Waals surface area (Å²) in [7, 11) is 0. The molecule has 1 atom stereocenters. The molecule has 0 spiro atoms. The minimum atomic E-state index is -1.59. The molecule has 0 unspecified atom stereocenters. The Morgan fingerprint density at radius 2 is 1.92 bits per heavy atom. The zero-order chi connectivity index (χ0) is 17.5. The van der Waals surface area contributed by atoms with Gasteiger partial charge in [-0.1, -0.05) is 18.6 Å². The molecule has 0 saturated carbocycles. The zero-order valence-electron chi connectivity index (χ0n) is 13.4. The van der Waals surface area contributed by atoms with E-state index in [2.05, 4.69) is 10.2 Å². The average molecular weight is 340 g/mol. The molecule has 132 valence electrons. The van der Waals surface area contributed by atoms with Crippen LogP contribution in [0.2, 0.25) is 0 Å². The molecule has 24 heavy (non-hydrogen) atoms. The number of hydrogen-bond donors (Lipinski definition) is 2. The van der Waals surface area contributed by atoms with E-state index in [4.69, 9.17) is 0 Å². The highest BCUT2D eigenvalue weighted by Gasteiger charge is 2.26. The van der Waals surface area contributed by atoms with Gasteiger partial charge in [-0.05, 0) is 45.0 Å². The number of carboxylic acids is 1. The van der Waals surface area contributed by atoms with Crippen LogP contribution in [0.3, 0.4) is 0 Å². The Morgan fingerprint density at radius 1 is 1.21 bits per heavy atom. The van der Waals surface area contributed by atoms with Crippen molar-refractivity contribution in [3.8, 4) is 0 Å². The highest BCUT2D eigenvalue weighted by molar-refractivity contribution is 5.84. The molecule has 0 aliphatic carbocycles. The van der Waals surface area contributed by atoms with Crippen LogP contribution in [0.4, 0.5) is 8.78 Å². The summed E-state index contributed by atoms with van der Waals surface area (Å²) in [5.41, 5.74) is -0.383. The van der Waals surface area contributed by atoms with Crippen molar-refractivity contribution in [1.29, 1.82) is 0 Å². The predicted octanol–water partition coefficient (Wildman–Crippen LogP) is 2.47. The van der Waals surface area contributed by atoms with Gasteiger partial charge >= 0.3 is 5.97 Å². The Balaban J connectivity index is 1.89. The minimum absolute atomic E-state index is 0.150. The van der Waals surface area contributed by atoms with Gasteiger partial charge in [0, 0.05) is 12.0 Å². The number of amides is 1. The second kappa shape index (κ2) is 8.73. The number of carbonyl (C=O) groups excluding carboxylic acids is 1. The number of benzene rings is 1. The lowest BCUT2D eigenvalue weighted by Gasteiger charge is -2.26. The van der Waals surface area contributed by atoms with Gasteiger partial charge in [0.25, 0.3) is 0 Å². The zero-order valence-corrected chi connectivity index (χ0v) is 13.4. The number of halogens is 2. The monoisotopic (exact) mass is 340 g/mol. The number of nitrogens with zero attached hydrogens (tertiary/aromatic N) is 1. The molecule has 1 amide bonds. The van der Waals surface area contributed by atoms with E-state index >= 15 is 0 Å². The van der Waals surface area contributed by atoms with Crippen molar-refractivity contribution in [3.63, 3.8) is 0 Å². The summed E-state index contributed by atoms with van der Waals surface area (Å²) >= 11 is 0. The first-order valence-electron chi connectivity index (χ1n) is 8.17.